The van der Waals surface area contributed by atoms with Crippen LogP contribution in [0.5, 0.6) is 0 Å². The maximum atomic E-state index is 4.45. The smallest absolute Gasteiger partial charge is 0.177 e. The second-order valence-electron chi connectivity index (χ2n) is 4.66. The molecule has 15 heavy (non-hydrogen) atoms. The Morgan fingerprint density at radius 2 is 2.00 bits per heavy atom. The van der Waals surface area contributed by atoms with Crippen LogP contribution in [-0.2, 0) is 5.54 Å². The topological polar surface area (TPSA) is 30.7 Å². The monoisotopic (exact) mass is 267 g/mol. The molecule has 0 atom stereocenters. The maximum Gasteiger partial charge on any atom is 0.177 e. The van der Waals surface area contributed by atoms with E-state index >= 15 is 0 Å². The van der Waals surface area contributed by atoms with Crippen molar-refractivity contribution in [3.05, 3.63) is 22.6 Å². The molecule has 0 N–H and O–H groups in total. The Bertz CT molecular complexity index is 508. The molecule has 0 saturated heterocycles. The van der Waals surface area contributed by atoms with Gasteiger partial charge in [-0.15, -0.1) is 0 Å². The lowest BCUT2D eigenvalue weighted by atomic mass is 10.1. The molecule has 2 aromatic heterocycles. The van der Waals surface area contributed by atoms with Gasteiger partial charge < -0.3 is 4.57 Å². The van der Waals surface area contributed by atoms with Crippen molar-refractivity contribution in [3.63, 3.8) is 0 Å². The number of nitrogens with zero attached hydrogens (tertiary/aromatic N) is 3. The van der Waals surface area contributed by atoms with E-state index in [1.807, 2.05) is 6.92 Å². The average molecular weight is 268 g/mol. The van der Waals surface area contributed by atoms with Crippen molar-refractivity contribution in [1.29, 1.82) is 0 Å². The molecule has 0 radical (unpaired) electrons. The molecule has 4 heteroatoms. The molecule has 0 spiro atoms. The lowest BCUT2D eigenvalue weighted by Gasteiger charge is -2.23. The summed E-state index contributed by atoms with van der Waals surface area (Å²) in [6, 6.07) is 2.06. The number of pyridine rings is 1. The van der Waals surface area contributed by atoms with Crippen LogP contribution in [0.4, 0.5) is 0 Å². The zero-order valence-electron chi connectivity index (χ0n) is 9.37. The first-order chi connectivity index (χ1) is 6.89. The summed E-state index contributed by atoms with van der Waals surface area (Å²) in [7, 11) is 0. The molecule has 0 aliphatic rings. The van der Waals surface area contributed by atoms with Crippen molar-refractivity contribution in [2.45, 2.75) is 33.2 Å². The Kier molecular flexibility index (Phi) is 2.34. The first kappa shape index (κ1) is 10.6. The van der Waals surface area contributed by atoms with Gasteiger partial charge in [0.25, 0.3) is 0 Å². The number of hydrogen-bond donors (Lipinski definition) is 0. The van der Waals surface area contributed by atoms with Crippen LogP contribution >= 0.6 is 15.9 Å². The Morgan fingerprint density at radius 3 is 2.60 bits per heavy atom. The van der Waals surface area contributed by atoms with E-state index in [1.165, 1.54) is 0 Å². The molecule has 0 aromatic carbocycles. The minimum atomic E-state index is 0.0291. The molecular weight excluding hydrogens is 254 g/mol. The largest absolute Gasteiger partial charge is 0.321 e. The number of aryl methyl sites for hydroxylation is 1. The van der Waals surface area contributed by atoms with Crippen LogP contribution < -0.4 is 0 Å². The Labute approximate surface area is 97.7 Å². The highest BCUT2D eigenvalue weighted by Gasteiger charge is 2.19. The fraction of sp³-hybridized carbons (Fsp3) is 0.455. The highest BCUT2D eigenvalue weighted by atomic mass is 79.9. The van der Waals surface area contributed by atoms with Crippen LogP contribution in [0.2, 0.25) is 0 Å². The summed E-state index contributed by atoms with van der Waals surface area (Å²) in [5.74, 6) is 1.00. The van der Waals surface area contributed by atoms with Gasteiger partial charge in [0, 0.05) is 16.2 Å². The van der Waals surface area contributed by atoms with Crippen LogP contribution in [0.1, 0.15) is 26.6 Å². The summed E-state index contributed by atoms with van der Waals surface area (Å²) in [6.07, 6.45) is 1.78. The fourth-order valence-corrected chi connectivity index (χ4v) is 2.22. The van der Waals surface area contributed by atoms with Crippen LogP contribution in [0, 0.1) is 6.92 Å². The van der Waals surface area contributed by atoms with Gasteiger partial charge in [-0.1, -0.05) is 0 Å². The van der Waals surface area contributed by atoms with Crippen molar-refractivity contribution in [2.24, 2.45) is 0 Å². The molecule has 0 aliphatic heterocycles. The summed E-state index contributed by atoms with van der Waals surface area (Å²) in [6.45, 7) is 8.52. The molecule has 80 valence electrons. The second-order valence-corrected chi connectivity index (χ2v) is 5.58. The SMILES string of the molecule is Cc1nc2ncc(Br)cc2n1C(C)(C)C. The normalized spacial score (nSPS) is 12.3. The molecule has 2 heterocycles. The van der Waals surface area contributed by atoms with Crippen LogP contribution in [0.15, 0.2) is 16.7 Å². The highest BCUT2D eigenvalue weighted by molar-refractivity contribution is 9.10. The van der Waals surface area contributed by atoms with E-state index in [0.717, 1.165) is 21.5 Å². The van der Waals surface area contributed by atoms with Crippen molar-refractivity contribution >= 4 is 27.1 Å². The highest BCUT2D eigenvalue weighted by Crippen LogP contribution is 2.25. The zero-order chi connectivity index (χ0) is 11.2. The summed E-state index contributed by atoms with van der Waals surface area (Å²) >= 11 is 3.44. The molecule has 2 rings (SSSR count). The third-order valence-corrected chi connectivity index (χ3v) is 2.75. The van der Waals surface area contributed by atoms with Gasteiger partial charge in [0.2, 0.25) is 0 Å². The number of fused-ring (bicyclic) bond motifs is 1. The van der Waals surface area contributed by atoms with Crippen LogP contribution in [0.3, 0.4) is 0 Å². The molecule has 2 aromatic rings. The molecule has 0 aliphatic carbocycles. The van der Waals surface area contributed by atoms with Gasteiger partial charge in [-0.2, -0.15) is 0 Å². The van der Waals surface area contributed by atoms with E-state index in [-0.39, 0.29) is 5.54 Å². The van der Waals surface area contributed by atoms with Crippen molar-refractivity contribution < 1.29 is 0 Å². The number of rotatable bonds is 0. The number of hydrogen-bond acceptors (Lipinski definition) is 2. The van der Waals surface area contributed by atoms with Crippen LogP contribution in [0.25, 0.3) is 11.2 Å². The van der Waals surface area contributed by atoms with Gasteiger partial charge in [-0.3, -0.25) is 0 Å². The standard InChI is InChI=1S/C11H14BrN3/c1-7-14-10-9(5-8(12)6-13-10)15(7)11(2,3)4/h5-6H,1-4H3. The predicted octanol–water partition coefficient (Wildman–Crippen LogP) is 3.26. The van der Waals surface area contributed by atoms with Gasteiger partial charge >= 0.3 is 0 Å². The molecule has 3 nitrogen and oxygen atoms in total. The van der Waals surface area contributed by atoms with Crippen molar-refractivity contribution in [2.75, 3.05) is 0 Å². The molecule has 0 saturated carbocycles. The fourth-order valence-electron chi connectivity index (χ4n) is 1.90. The minimum absolute atomic E-state index is 0.0291. The van der Waals surface area contributed by atoms with Gasteiger partial charge in [0.1, 0.15) is 5.82 Å². The maximum absolute atomic E-state index is 4.45. The van der Waals surface area contributed by atoms with E-state index in [9.17, 15) is 0 Å². The number of imidazole rings is 1. The molecule has 0 amide bonds. The average Bonchev–Trinajstić information content (AvgIpc) is 2.38. The van der Waals surface area contributed by atoms with Gasteiger partial charge in [0.05, 0.1) is 5.52 Å². The summed E-state index contributed by atoms with van der Waals surface area (Å²) in [5.41, 5.74) is 1.92. The molecule has 0 fully saturated rings. The first-order valence-electron chi connectivity index (χ1n) is 4.90. The van der Waals surface area contributed by atoms with Crippen molar-refractivity contribution in [1.82, 2.24) is 14.5 Å². The summed E-state index contributed by atoms with van der Waals surface area (Å²) in [5, 5.41) is 0. The molecular formula is C11H14BrN3. The quantitative estimate of drug-likeness (QED) is 0.734. The first-order valence-corrected chi connectivity index (χ1v) is 5.70. The third-order valence-electron chi connectivity index (χ3n) is 2.32. The Hall–Kier alpha value is -0.900. The number of halogens is 1. The van der Waals surface area contributed by atoms with E-state index in [4.69, 9.17) is 0 Å². The van der Waals surface area contributed by atoms with Gasteiger partial charge in [-0.05, 0) is 49.7 Å². The van der Waals surface area contributed by atoms with Gasteiger partial charge in [0.15, 0.2) is 5.65 Å². The molecule has 0 bridgehead atoms. The summed E-state index contributed by atoms with van der Waals surface area (Å²) in [4.78, 5) is 8.75. The lowest BCUT2D eigenvalue weighted by molar-refractivity contribution is 0.399. The van der Waals surface area contributed by atoms with E-state index in [0.29, 0.717) is 0 Å². The Morgan fingerprint density at radius 1 is 1.33 bits per heavy atom. The lowest BCUT2D eigenvalue weighted by Crippen LogP contribution is -2.22. The third kappa shape index (κ3) is 1.78. The minimum Gasteiger partial charge on any atom is -0.321 e. The predicted molar refractivity (Wildman–Crippen MR) is 65.0 cm³/mol. The molecule has 0 unspecified atom stereocenters. The van der Waals surface area contributed by atoms with Crippen molar-refractivity contribution in [3.8, 4) is 0 Å². The van der Waals surface area contributed by atoms with E-state index in [1.54, 1.807) is 6.20 Å². The Balaban J connectivity index is 2.82. The summed E-state index contributed by atoms with van der Waals surface area (Å²) < 4.78 is 3.19. The van der Waals surface area contributed by atoms with E-state index < -0.39 is 0 Å². The van der Waals surface area contributed by atoms with Crippen LogP contribution in [-0.4, -0.2) is 14.5 Å². The van der Waals surface area contributed by atoms with E-state index in [2.05, 4.69) is 57.3 Å². The van der Waals surface area contributed by atoms with Gasteiger partial charge in [-0.25, -0.2) is 9.97 Å². The zero-order valence-corrected chi connectivity index (χ0v) is 11.0. The second kappa shape index (κ2) is 3.30. The number of aromatic nitrogens is 3.